The minimum absolute atomic E-state index is 0.0203. The Morgan fingerprint density at radius 3 is 2.76 bits per heavy atom. The third-order valence-electron chi connectivity index (χ3n) is 9.70. The normalized spacial score (nSPS) is 22.8. The molecule has 0 spiro atoms. The first kappa shape index (κ1) is 26.9. The van der Waals surface area contributed by atoms with Gasteiger partial charge in [0.25, 0.3) is 5.91 Å². The number of carbonyl (C=O) groups excluding carboxylic acids is 1. The van der Waals surface area contributed by atoms with Crippen LogP contribution >= 0.6 is 0 Å². The number of para-hydroxylation sites is 1. The van der Waals surface area contributed by atoms with Gasteiger partial charge < -0.3 is 34.5 Å². The summed E-state index contributed by atoms with van der Waals surface area (Å²) in [6.07, 6.45) is 9.63. The van der Waals surface area contributed by atoms with E-state index in [1.807, 2.05) is 21.6 Å². The highest BCUT2D eigenvalue weighted by Gasteiger charge is 2.47. The summed E-state index contributed by atoms with van der Waals surface area (Å²) in [5.41, 5.74) is 11.8. The first-order valence-electron chi connectivity index (χ1n) is 15.1. The average Bonchev–Trinajstić information content (AvgIpc) is 3.76. The van der Waals surface area contributed by atoms with Gasteiger partial charge in [0.1, 0.15) is 11.3 Å². The third-order valence-corrected chi connectivity index (χ3v) is 9.70. The van der Waals surface area contributed by atoms with Gasteiger partial charge in [-0.1, -0.05) is 25.0 Å². The van der Waals surface area contributed by atoms with Crippen molar-refractivity contribution in [2.75, 3.05) is 38.3 Å². The Labute approximate surface area is 245 Å². The van der Waals surface area contributed by atoms with Crippen molar-refractivity contribution in [3.05, 3.63) is 42.0 Å². The number of benzene rings is 2. The van der Waals surface area contributed by atoms with E-state index in [9.17, 15) is 9.90 Å². The second kappa shape index (κ2) is 10.4. The van der Waals surface area contributed by atoms with Crippen LogP contribution in [0.15, 0.2) is 36.4 Å². The minimum atomic E-state index is -0.0203. The van der Waals surface area contributed by atoms with E-state index in [0.29, 0.717) is 35.8 Å². The highest BCUT2D eigenvalue weighted by atomic mass is 16.5. The Kier molecular flexibility index (Phi) is 6.63. The number of carbonyl (C=O) groups is 1. The molecule has 1 saturated heterocycles. The Hall–Kier alpha value is -4.00. The quantitative estimate of drug-likeness (QED) is 0.313. The summed E-state index contributed by atoms with van der Waals surface area (Å²) in [6.45, 7) is 5.05. The lowest BCUT2D eigenvalue weighted by molar-refractivity contribution is 0.0700. The number of anilines is 1. The molecule has 3 aliphatic rings. The molecule has 9 nitrogen and oxygen atoms in total. The second-order valence-corrected chi connectivity index (χ2v) is 11.9. The molecule has 4 heterocycles. The topological polar surface area (TPSA) is 102 Å². The number of aliphatic hydroxyl groups is 1. The van der Waals surface area contributed by atoms with Crippen LogP contribution in [0.5, 0.6) is 5.75 Å². The largest absolute Gasteiger partial charge is 0.494 e. The summed E-state index contributed by atoms with van der Waals surface area (Å²) < 4.78 is 10.3. The Bertz CT molecular complexity index is 1730. The van der Waals surface area contributed by atoms with Gasteiger partial charge >= 0.3 is 0 Å². The number of rotatable bonds is 8. The van der Waals surface area contributed by atoms with Crippen molar-refractivity contribution >= 4 is 33.5 Å². The van der Waals surface area contributed by atoms with Gasteiger partial charge in [-0.2, -0.15) is 0 Å². The Balaban J connectivity index is 1.39. The summed E-state index contributed by atoms with van der Waals surface area (Å²) in [4.78, 5) is 23.2. The predicted octanol–water partition coefficient (Wildman–Crippen LogP) is 4.02. The summed E-state index contributed by atoms with van der Waals surface area (Å²) >= 11 is 0. The van der Waals surface area contributed by atoms with Crippen molar-refractivity contribution in [3.8, 4) is 29.6 Å². The summed E-state index contributed by atoms with van der Waals surface area (Å²) in [6, 6.07) is 12.7. The lowest BCUT2D eigenvalue weighted by Crippen LogP contribution is -2.41. The lowest BCUT2D eigenvalue weighted by Gasteiger charge is -2.36. The van der Waals surface area contributed by atoms with Crippen LogP contribution in [-0.4, -0.2) is 75.5 Å². The molecule has 1 unspecified atom stereocenters. The zero-order chi connectivity index (χ0) is 29.1. The molecular weight excluding hydrogens is 528 g/mol. The third kappa shape index (κ3) is 3.92. The molecule has 4 aromatic rings. The van der Waals surface area contributed by atoms with Crippen molar-refractivity contribution in [1.82, 2.24) is 19.0 Å². The van der Waals surface area contributed by atoms with Gasteiger partial charge in [-0.05, 0) is 55.9 Å². The molecule has 0 radical (unpaired) electrons. The molecular formula is C33H38N6O3. The van der Waals surface area contributed by atoms with Crippen LogP contribution in [0, 0.1) is 18.3 Å². The number of ether oxygens (including phenoxy) is 1. The maximum atomic E-state index is 13.8. The number of terminal acetylenes is 1. The van der Waals surface area contributed by atoms with E-state index < -0.39 is 0 Å². The van der Waals surface area contributed by atoms with Crippen LogP contribution in [0.25, 0.3) is 33.5 Å². The molecule has 2 aromatic heterocycles. The number of imidazole rings is 1. The number of aromatic nitrogens is 3. The molecule has 2 bridgehead atoms. The Morgan fingerprint density at radius 2 is 2.07 bits per heavy atom. The molecule has 1 amide bonds. The van der Waals surface area contributed by atoms with E-state index >= 15 is 0 Å². The van der Waals surface area contributed by atoms with Crippen LogP contribution in [0.2, 0.25) is 0 Å². The molecule has 4 atom stereocenters. The predicted molar refractivity (Wildman–Crippen MR) is 165 cm³/mol. The smallest absolute Gasteiger partial charge is 0.254 e. The number of amides is 1. The van der Waals surface area contributed by atoms with Gasteiger partial charge in [0, 0.05) is 49.3 Å². The molecule has 3 N–H and O–H groups in total. The van der Waals surface area contributed by atoms with Crippen molar-refractivity contribution in [3.63, 3.8) is 0 Å². The second-order valence-electron chi connectivity index (χ2n) is 11.9. The molecule has 1 aliphatic carbocycles. The zero-order valence-corrected chi connectivity index (χ0v) is 24.3. The van der Waals surface area contributed by atoms with Crippen LogP contribution in [0.4, 0.5) is 5.69 Å². The van der Waals surface area contributed by atoms with Gasteiger partial charge in [0.2, 0.25) is 0 Å². The number of aliphatic hydroxyl groups excluding tert-OH is 1. The standard InChI is InChI=1S/C33H38N6O3/c1-4-12-37-31-24(15-22(17-28(31)42-3)33(41)38-18-21-10-11-25(38)29(21)34)35-32(37)27-16-20-8-6-9-26-30(20)39(27)23(5-2)19-36(26)13-7-14-40/h1,6,8-9,15-17,21,23,25,29,40H,5,7,10-14,18-19,34H2,2-3H3/t21-,23?,25-,29-/m1/s1. The number of hydrogen-bond acceptors (Lipinski definition) is 6. The number of likely N-dealkylation sites (tertiary alicyclic amines) is 1. The average molecular weight is 567 g/mol. The molecule has 2 fully saturated rings. The van der Waals surface area contributed by atoms with Crippen LogP contribution in [0.3, 0.4) is 0 Å². The van der Waals surface area contributed by atoms with E-state index in [-0.39, 0.29) is 30.6 Å². The van der Waals surface area contributed by atoms with Gasteiger partial charge in [-0.25, -0.2) is 4.98 Å². The summed E-state index contributed by atoms with van der Waals surface area (Å²) in [5.74, 6) is 4.52. The van der Waals surface area contributed by atoms with Crippen molar-refractivity contribution in [2.24, 2.45) is 11.7 Å². The summed E-state index contributed by atoms with van der Waals surface area (Å²) in [5, 5.41) is 10.6. The van der Waals surface area contributed by atoms with Crippen molar-refractivity contribution in [2.45, 2.75) is 57.3 Å². The van der Waals surface area contributed by atoms with Crippen LogP contribution in [0.1, 0.15) is 49.0 Å². The molecule has 9 heteroatoms. The van der Waals surface area contributed by atoms with Gasteiger partial charge in [0.05, 0.1) is 42.1 Å². The molecule has 2 aliphatic heterocycles. The number of hydrogen-bond donors (Lipinski definition) is 2. The van der Waals surface area contributed by atoms with Gasteiger partial charge in [-0.3, -0.25) is 4.79 Å². The molecule has 2 aromatic carbocycles. The number of nitrogens with zero attached hydrogens (tertiary/aromatic N) is 5. The maximum Gasteiger partial charge on any atom is 0.254 e. The summed E-state index contributed by atoms with van der Waals surface area (Å²) in [7, 11) is 1.62. The highest BCUT2D eigenvalue weighted by molar-refractivity contribution is 6.01. The van der Waals surface area contributed by atoms with Gasteiger partial charge in [0.15, 0.2) is 5.82 Å². The molecule has 42 heavy (non-hydrogen) atoms. The van der Waals surface area contributed by atoms with E-state index in [1.165, 1.54) is 11.2 Å². The van der Waals surface area contributed by atoms with Crippen LogP contribution < -0.4 is 15.4 Å². The number of methoxy groups -OCH3 is 1. The Morgan fingerprint density at radius 1 is 1.21 bits per heavy atom. The fourth-order valence-corrected chi connectivity index (χ4v) is 7.69. The van der Waals surface area contributed by atoms with E-state index in [1.54, 1.807) is 7.11 Å². The SMILES string of the molecule is C#CCn1c(-c2cc3cccc4c3n2C(CC)CN4CCCO)nc2cc(C(=O)N3C[C@H]4CC[C@@H]3[C@@H]4N)cc(OC)c21. The zero-order valence-electron chi connectivity index (χ0n) is 24.3. The monoisotopic (exact) mass is 566 g/mol. The van der Waals surface area contributed by atoms with Crippen molar-refractivity contribution in [1.29, 1.82) is 0 Å². The van der Waals surface area contributed by atoms with E-state index in [2.05, 4.69) is 46.6 Å². The van der Waals surface area contributed by atoms with Crippen LogP contribution in [-0.2, 0) is 6.54 Å². The van der Waals surface area contributed by atoms with E-state index in [4.69, 9.17) is 21.9 Å². The minimum Gasteiger partial charge on any atom is -0.494 e. The van der Waals surface area contributed by atoms with Gasteiger partial charge in [-0.15, -0.1) is 6.42 Å². The molecule has 7 rings (SSSR count). The number of fused-ring (bicyclic) bond motifs is 3. The lowest BCUT2D eigenvalue weighted by atomic mass is 10.1. The fraction of sp³-hybridized carbons (Fsp3) is 0.455. The maximum absolute atomic E-state index is 13.8. The first-order chi connectivity index (χ1) is 20.5. The number of nitrogens with two attached hydrogens (primary N) is 1. The fourth-order valence-electron chi connectivity index (χ4n) is 7.69. The van der Waals surface area contributed by atoms with E-state index in [0.717, 1.165) is 61.2 Å². The molecule has 218 valence electrons. The first-order valence-corrected chi connectivity index (χ1v) is 15.1. The van der Waals surface area contributed by atoms with Crippen molar-refractivity contribution < 1.29 is 14.6 Å². The molecule has 1 saturated carbocycles. The number of piperidine rings is 1. The highest BCUT2D eigenvalue weighted by Crippen LogP contribution is 2.43.